The van der Waals surface area contributed by atoms with E-state index in [0.29, 0.717) is 18.6 Å². The van der Waals surface area contributed by atoms with Crippen molar-refractivity contribution < 1.29 is 33.6 Å². The fourth-order valence-corrected chi connectivity index (χ4v) is 3.81. The van der Waals surface area contributed by atoms with Crippen LogP contribution in [0, 0.1) is 23.7 Å². The van der Waals surface area contributed by atoms with Crippen LogP contribution in [0.25, 0.3) is 0 Å². The monoisotopic (exact) mass is 400 g/mol. The summed E-state index contributed by atoms with van der Waals surface area (Å²) >= 11 is 0. The number of aliphatic hydroxyl groups is 2. The number of unbranched alkanes of at least 4 members (excludes halogenated alkanes) is 3. The molecule has 1 heterocycles. The smallest absolute Gasteiger partial charge is 0.332 e. The number of carboxylic acid groups (broad SMARTS) is 1. The molecule has 0 aromatic heterocycles. The van der Waals surface area contributed by atoms with Gasteiger partial charge in [-0.05, 0) is 31.8 Å². The highest BCUT2D eigenvalue weighted by atomic mass is 19.3. The quantitative estimate of drug-likeness (QED) is 0.407. The van der Waals surface area contributed by atoms with E-state index in [1.54, 1.807) is 6.08 Å². The number of ether oxygens (including phenoxy) is 1. The maximum absolute atomic E-state index is 14.3. The SMILES string of the molecule is CCCCCC[C@H](O)C#C[C@H]1CC(F)(F)C2OC(=CCCC(O)C(=O)O)C[C@@H]21. The lowest BCUT2D eigenvalue weighted by molar-refractivity contribution is -0.146. The van der Waals surface area contributed by atoms with Gasteiger partial charge in [0.25, 0.3) is 5.92 Å². The van der Waals surface area contributed by atoms with Crippen LogP contribution in [0.5, 0.6) is 0 Å². The van der Waals surface area contributed by atoms with Crippen LogP contribution in [-0.4, -0.2) is 45.5 Å². The van der Waals surface area contributed by atoms with Crippen LogP contribution in [0.4, 0.5) is 8.78 Å². The summed E-state index contributed by atoms with van der Waals surface area (Å²) in [6.07, 6.45) is 2.92. The molecule has 1 saturated carbocycles. The molecule has 5 nitrogen and oxygen atoms in total. The van der Waals surface area contributed by atoms with E-state index < -0.39 is 42.0 Å². The molecule has 0 aromatic carbocycles. The topological polar surface area (TPSA) is 87.0 Å². The average molecular weight is 400 g/mol. The molecule has 5 atom stereocenters. The first kappa shape index (κ1) is 22.6. The van der Waals surface area contributed by atoms with Gasteiger partial charge in [0.1, 0.15) is 6.10 Å². The second-order valence-electron chi connectivity index (χ2n) is 7.73. The Kier molecular flexibility index (Phi) is 8.26. The number of alkyl halides is 2. The highest BCUT2D eigenvalue weighted by Crippen LogP contribution is 2.52. The van der Waals surface area contributed by atoms with E-state index in [-0.39, 0.29) is 19.3 Å². The molecule has 158 valence electrons. The van der Waals surface area contributed by atoms with Gasteiger partial charge in [-0.25, -0.2) is 13.6 Å². The van der Waals surface area contributed by atoms with Crippen LogP contribution < -0.4 is 0 Å². The van der Waals surface area contributed by atoms with Crippen molar-refractivity contribution >= 4 is 5.97 Å². The molecule has 7 heteroatoms. The minimum atomic E-state index is -2.98. The molecule has 2 fully saturated rings. The van der Waals surface area contributed by atoms with Crippen molar-refractivity contribution in [1.82, 2.24) is 0 Å². The van der Waals surface area contributed by atoms with Gasteiger partial charge < -0.3 is 20.1 Å². The molecule has 2 aliphatic rings. The van der Waals surface area contributed by atoms with E-state index in [2.05, 4.69) is 18.8 Å². The molecule has 28 heavy (non-hydrogen) atoms. The Hall–Kier alpha value is -1.65. The van der Waals surface area contributed by atoms with Crippen LogP contribution in [0.15, 0.2) is 11.8 Å². The minimum Gasteiger partial charge on any atom is -0.488 e. The molecule has 0 spiro atoms. The summed E-state index contributed by atoms with van der Waals surface area (Å²) in [6, 6.07) is 0. The van der Waals surface area contributed by atoms with Crippen LogP contribution in [0.3, 0.4) is 0 Å². The van der Waals surface area contributed by atoms with E-state index >= 15 is 0 Å². The lowest BCUT2D eigenvalue weighted by Crippen LogP contribution is -2.29. The number of carbonyl (C=O) groups is 1. The number of halogens is 2. The predicted octanol–water partition coefficient (Wildman–Crippen LogP) is 3.49. The van der Waals surface area contributed by atoms with Crippen molar-refractivity contribution in [2.24, 2.45) is 11.8 Å². The normalized spacial score (nSPS) is 28.9. The van der Waals surface area contributed by atoms with E-state index in [1.165, 1.54) is 0 Å². The van der Waals surface area contributed by atoms with Crippen molar-refractivity contribution in [3.05, 3.63) is 11.8 Å². The van der Waals surface area contributed by atoms with Gasteiger partial charge in [-0.3, -0.25) is 0 Å². The number of rotatable bonds is 9. The zero-order valence-electron chi connectivity index (χ0n) is 16.2. The van der Waals surface area contributed by atoms with Crippen molar-refractivity contribution in [3.8, 4) is 11.8 Å². The third-order valence-corrected chi connectivity index (χ3v) is 5.39. The van der Waals surface area contributed by atoms with Crippen molar-refractivity contribution in [2.75, 3.05) is 0 Å². The molecule has 3 N–H and O–H groups in total. The number of aliphatic hydroxyl groups excluding tert-OH is 2. The van der Waals surface area contributed by atoms with E-state index in [4.69, 9.17) is 9.84 Å². The standard InChI is InChI=1S/C21H30F2O5/c1-2-3-4-5-7-15(24)11-10-14-13-21(22,23)19-17(14)12-16(28-19)8-6-9-18(25)20(26)27/h8,14-15,17-19,24-25H,2-7,9,12-13H2,1H3,(H,26,27)/t14-,15-,17+,18?,19?/m0/s1. The first-order valence-electron chi connectivity index (χ1n) is 10.1. The van der Waals surface area contributed by atoms with E-state index in [0.717, 1.165) is 25.7 Å². The van der Waals surface area contributed by atoms with Gasteiger partial charge in [-0.15, -0.1) is 0 Å². The van der Waals surface area contributed by atoms with Gasteiger partial charge in [0.2, 0.25) is 0 Å². The molecule has 0 aromatic rings. The maximum atomic E-state index is 14.3. The molecule has 2 rings (SSSR count). The van der Waals surface area contributed by atoms with E-state index in [1.807, 2.05) is 0 Å². The Bertz CT molecular complexity index is 622. The molecular weight excluding hydrogens is 370 g/mol. The van der Waals surface area contributed by atoms with Gasteiger partial charge in [0, 0.05) is 24.7 Å². The summed E-state index contributed by atoms with van der Waals surface area (Å²) in [4.78, 5) is 10.6. The molecular formula is C21H30F2O5. The lowest BCUT2D eigenvalue weighted by atomic mass is 9.92. The summed E-state index contributed by atoms with van der Waals surface area (Å²) in [5.74, 6) is 0.724. The van der Waals surface area contributed by atoms with Crippen LogP contribution >= 0.6 is 0 Å². The molecule has 0 amide bonds. The van der Waals surface area contributed by atoms with Gasteiger partial charge in [0.05, 0.1) is 5.76 Å². The summed E-state index contributed by atoms with van der Waals surface area (Å²) in [5, 5.41) is 27.9. The second kappa shape index (κ2) is 10.2. The van der Waals surface area contributed by atoms with Crippen LogP contribution in [0.1, 0.15) is 64.7 Å². The summed E-state index contributed by atoms with van der Waals surface area (Å²) in [6.45, 7) is 2.10. The lowest BCUT2D eigenvalue weighted by Gasteiger charge is -2.17. The predicted molar refractivity (Wildman–Crippen MR) is 99.5 cm³/mol. The van der Waals surface area contributed by atoms with Gasteiger partial charge in [0.15, 0.2) is 12.2 Å². The van der Waals surface area contributed by atoms with E-state index in [9.17, 15) is 23.8 Å². The van der Waals surface area contributed by atoms with Crippen LogP contribution in [-0.2, 0) is 9.53 Å². The number of allylic oxidation sites excluding steroid dienone is 2. The molecule has 1 aliphatic carbocycles. The van der Waals surface area contributed by atoms with Gasteiger partial charge in [-0.1, -0.05) is 38.0 Å². The first-order chi connectivity index (χ1) is 13.2. The fraction of sp³-hybridized carbons (Fsp3) is 0.762. The number of fused-ring (bicyclic) bond motifs is 1. The molecule has 0 bridgehead atoms. The van der Waals surface area contributed by atoms with Crippen LogP contribution in [0.2, 0.25) is 0 Å². The highest BCUT2D eigenvalue weighted by Gasteiger charge is 2.59. The first-order valence-corrected chi connectivity index (χ1v) is 10.1. The van der Waals surface area contributed by atoms with Crippen molar-refractivity contribution in [2.45, 2.75) is 88.9 Å². The summed E-state index contributed by atoms with van der Waals surface area (Å²) in [7, 11) is 0. The third kappa shape index (κ3) is 6.18. The highest BCUT2D eigenvalue weighted by molar-refractivity contribution is 5.71. The Morgan fingerprint density at radius 3 is 2.75 bits per heavy atom. The number of carboxylic acids is 1. The summed E-state index contributed by atoms with van der Waals surface area (Å²) in [5.41, 5.74) is 0. The fourth-order valence-electron chi connectivity index (χ4n) is 3.81. The Morgan fingerprint density at radius 1 is 1.32 bits per heavy atom. The molecule has 0 radical (unpaired) electrons. The van der Waals surface area contributed by atoms with Gasteiger partial charge in [-0.2, -0.15) is 0 Å². The minimum absolute atomic E-state index is 0.00137. The number of hydrogen-bond acceptors (Lipinski definition) is 4. The Balaban J connectivity index is 1.91. The largest absolute Gasteiger partial charge is 0.488 e. The molecule has 1 saturated heterocycles. The summed E-state index contributed by atoms with van der Waals surface area (Å²) < 4.78 is 34.0. The van der Waals surface area contributed by atoms with Crippen molar-refractivity contribution in [1.29, 1.82) is 0 Å². The Morgan fingerprint density at radius 2 is 2.07 bits per heavy atom. The maximum Gasteiger partial charge on any atom is 0.332 e. The second-order valence-corrected chi connectivity index (χ2v) is 7.73. The average Bonchev–Trinajstić information content (AvgIpc) is 3.15. The zero-order chi connectivity index (χ0) is 20.7. The molecule has 2 unspecified atom stereocenters. The number of hydrogen-bond donors (Lipinski definition) is 3. The van der Waals surface area contributed by atoms with Crippen molar-refractivity contribution in [3.63, 3.8) is 0 Å². The molecule has 1 aliphatic heterocycles. The zero-order valence-corrected chi connectivity index (χ0v) is 16.2. The van der Waals surface area contributed by atoms with Gasteiger partial charge >= 0.3 is 5.97 Å². The Labute approximate surface area is 164 Å². The third-order valence-electron chi connectivity index (χ3n) is 5.39. The number of aliphatic carboxylic acids is 1.